The van der Waals surface area contributed by atoms with Crippen molar-refractivity contribution in [1.82, 2.24) is 20.1 Å². The molecule has 6 rings (SSSR count). The van der Waals surface area contributed by atoms with Crippen LogP contribution in [0.5, 0.6) is 0 Å². The van der Waals surface area contributed by atoms with Crippen LogP contribution >= 0.6 is 0 Å². The molecule has 0 aliphatic carbocycles. The zero-order chi connectivity index (χ0) is 25.5. The molecule has 3 aromatic rings. The van der Waals surface area contributed by atoms with Gasteiger partial charge in [-0.25, -0.2) is 0 Å². The summed E-state index contributed by atoms with van der Waals surface area (Å²) in [5.41, 5.74) is 4.50. The molecular formula is C28H29N5O4. The molecule has 0 spiro atoms. The lowest BCUT2D eigenvalue weighted by Crippen LogP contribution is -2.52. The van der Waals surface area contributed by atoms with E-state index in [4.69, 9.17) is 0 Å². The van der Waals surface area contributed by atoms with Gasteiger partial charge in [-0.2, -0.15) is 0 Å². The first-order chi connectivity index (χ1) is 18.0. The average Bonchev–Trinajstić information content (AvgIpc) is 3.49. The van der Waals surface area contributed by atoms with Crippen molar-refractivity contribution in [2.24, 2.45) is 0 Å². The van der Waals surface area contributed by atoms with Gasteiger partial charge in [-0.15, -0.1) is 0 Å². The SMILES string of the molecule is O=C1CCC(N2Cc3c(NCC(=O)N4CCC(c5c[nH]c6ccccc56)CC4)cccc3C2=O)C(=O)N1. The van der Waals surface area contributed by atoms with Crippen LogP contribution in [0, 0.1) is 0 Å². The lowest BCUT2D eigenvalue weighted by atomic mass is 9.89. The van der Waals surface area contributed by atoms with Crippen molar-refractivity contribution >= 4 is 40.2 Å². The number of nitrogens with zero attached hydrogens (tertiary/aromatic N) is 2. The first-order valence-electron chi connectivity index (χ1n) is 12.8. The molecule has 3 N–H and O–H groups in total. The Hall–Kier alpha value is -4.14. The smallest absolute Gasteiger partial charge is 0.255 e. The van der Waals surface area contributed by atoms with E-state index in [0.717, 1.165) is 29.6 Å². The number of hydrogen-bond donors (Lipinski definition) is 3. The van der Waals surface area contributed by atoms with Crippen LogP contribution in [0.1, 0.15) is 53.1 Å². The van der Waals surface area contributed by atoms with Crippen molar-refractivity contribution < 1.29 is 19.2 Å². The molecule has 4 heterocycles. The van der Waals surface area contributed by atoms with Gasteiger partial charge >= 0.3 is 0 Å². The van der Waals surface area contributed by atoms with E-state index in [1.165, 1.54) is 15.8 Å². The number of benzene rings is 2. The molecule has 0 bridgehead atoms. The maximum Gasteiger partial charge on any atom is 0.255 e. The number of fused-ring (bicyclic) bond motifs is 2. The van der Waals surface area contributed by atoms with E-state index < -0.39 is 11.9 Å². The Morgan fingerprint density at radius 2 is 1.81 bits per heavy atom. The van der Waals surface area contributed by atoms with E-state index in [-0.39, 0.29) is 37.2 Å². The number of amides is 4. The second-order valence-corrected chi connectivity index (χ2v) is 10.0. The summed E-state index contributed by atoms with van der Waals surface area (Å²) in [6.45, 7) is 1.83. The summed E-state index contributed by atoms with van der Waals surface area (Å²) in [6.07, 6.45) is 4.48. The highest BCUT2D eigenvalue weighted by molar-refractivity contribution is 6.06. The molecule has 190 valence electrons. The summed E-state index contributed by atoms with van der Waals surface area (Å²) in [6, 6.07) is 13.0. The first kappa shape index (κ1) is 23.3. The summed E-state index contributed by atoms with van der Waals surface area (Å²) < 4.78 is 0. The Labute approximate surface area is 214 Å². The zero-order valence-electron chi connectivity index (χ0n) is 20.5. The number of piperidine rings is 2. The Morgan fingerprint density at radius 1 is 1.00 bits per heavy atom. The fourth-order valence-corrected chi connectivity index (χ4v) is 5.91. The third kappa shape index (κ3) is 4.24. The minimum atomic E-state index is -0.662. The van der Waals surface area contributed by atoms with Gasteiger partial charge in [-0.1, -0.05) is 24.3 Å². The van der Waals surface area contributed by atoms with Crippen molar-refractivity contribution in [3.8, 4) is 0 Å². The number of carbonyl (C=O) groups is 4. The highest BCUT2D eigenvalue weighted by atomic mass is 16.2. The van der Waals surface area contributed by atoms with E-state index in [1.54, 1.807) is 12.1 Å². The Morgan fingerprint density at radius 3 is 2.62 bits per heavy atom. The molecule has 3 aliphatic heterocycles. The molecule has 4 amide bonds. The number of hydrogen-bond acceptors (Lipinski definition) is 5. The number of carbonyl (C=O) groups excluding carboxylic acids is 4. The summed E-state index contributed by atoms with van der Waals surface area (Å²) in [4.78, 5) is 56.7. The summed E-state index contributed by atoms with van der Waals surface area (Å²) in [7, 11) is 0. The molecule has 1 aromatic heterocycles. The normalized spacial score (nSPS) is 20.3. The van der Waals surface area contributed by atoms with Gasteiger partial charge in [0.25, 0.3) is 5.91 Å². The van der Waals surface area contributed by atoms with E-state index in [2.05, 4.69) is 40.0 Å². The first-order valence-corrected chi connectivity index (χ1v) is 12.8. The van der Waals surface area contributed by atoms with E-state index in [9.17, 15) is 19.2 Å². The van der Waals surface area contributed by atoms with Gasteiger partial charge in [-0.05, 0) is 48.9 Å². The van der Waals surface area contributed by atoms with Gasteiger partial charge in [0.15, 0.2) is 0 Å². The number of nitrogens with one attached hydrogen (secondary N) is 3. The lowest BCUT2D eigenvalue weighted by molar-refractivity contribution is -0.137. The average molecular weight is 500 g/mol. The number of para-hydroxylation sites is 1. The minimum Gasteiger partial charge on any atom is -0.376 e. The van der Waals surface area contributed by atoms with Gasteiger partial charge in [-0.3, -0.25) is 24.5 Å². The van der Waals surface area contributed by atoms with Crippen molar-refractivity contribution in [1.29, 1.82) is 0 Å². The van der Waals surface area contributed by atoms with Crippen LogP contribution in [-0.4, -0.2) is 64.1 Å². The number of anilines is 1. The Balaban J connectivity index is 1.07. The van der Waals surface area contributed by atoms with Crippen LogP contribution < -0.4 is 10.6 Å². The molecule has 2 fully saturated rings. The molecule has 0 saturated carbocycles. The summed E-state index contributed by atoms with van der Waals surface area (Å²) in [5, 5.41) is 6.82. The predicted octanol–water partition coefficient (Wildman–Crippen LogP) is 2.75. The molecule has 2 aromatic carbocycles. The van der Waals surface area contributed by atoms with Crippen molar-refractivity contribution in [2.45, 2.75) is 44.2 Å². The van der Waals surface area contributed by atoms with Crippen LogP contribution in [0.15, 0.2) is 48.7 Å². The Bertz CT molecular complexity index is 1400. The fraction of sp³-hybridized carbons (Fsp3) is 0.357. The maximum atomic E-state index is 13.0. The van der Waals surface area contributed by atoms with Crippen LogP contribution in [0.4, 0.5) is 5.69 Å². The third-order valence-corrected chi connectivity index (χ3v) is 7.92. The quantitative estimate of drug-likeness (QED) is 0.467. The third-order valence-electron chi connectivity index (χ3n) is 7.92. The molecule has 1 atom stereocenters. The van der Waals surface area contributed by atoms with Gasteiger partial charge in [0.1, 0.15) is 6.04 Å². The van der Waals surface area contributed by atoms with Gasteiger partial charge in [0, 0.05) is 60.0 Å². The van der Waals surface area contributed by atoms with E-state index in [0.29, 0.717) is 31.0 Å². The largest absolute Gasteiger partial charge is 0.376 e. The number of likely N-dealkylation sites (tertiary alicyclic amines) is 1. The number of H-pyrrole nitrogens is 1. The maximum absolute atomic E-state index is 13.0. The molecular weight excluding hydrogens is 470 g/mol. The van der Waals surface area contributed by atoms with Crippen LogP contribution in [0.2, 0.25) is 0 Å². The molecule has 2 saturated heterocycles. The van der Waals surface area contributed by atoms with Crippen LogP contribution in [-0.2, 0) is 20.9 Å². The standard InChI is InChI=1S/C28H29N5O4/c34-25-9-8-24(27(36)31-25)33-16-21-19(28(33)37)5-3-7-23(21)30-15-26(35)32-12-10-17(11-13-32)20-14-29-22-6-2-1-4-18(20)22/h1-7,14,17,24,29-30H,8-13,15-16H2,(H,31,34,36). The van der Waals surface area contributed by atoms with Gasteiger partial charge in [0.2, 0.25) is 17.7 Å². The monoisotopic (exact) mass is 499 g/mol. The van der Waals surface area contributed by atoms with Crippen molar-refractivity contribution in [3.05, 3.63) is 65.4 Å². The number of rotatable bonds is 5. The number of aromatic amines is 1. The predicted molar refractivity (Wildman–Crippen MR) is 138 cm³/mol. The number of imide groups is 1. The van der Waals surface area contributed by atoms with E-state index in [1.807, 2.05) is 17.0 Å². The molecule has 9 nitrogen and oxygen atoms in total. The lowest BCUT2D eigenvalue weighted by Gasteiger charge is -2.32. The highest BCUT2D eigenvalue weighted by Crippen LogP contribution is 2.34. The zero-order valence-corrected chi connectivity index (χ0v) is 20.5. The Kier molecular flexibility index (Phi) is 5.90. The molecule has 3 aliphatic rings. The van der Waals surface area contributed by atoms with Gasteiger partial charge in [0.05, 0.1) is 6.54 Å². The molecule has 1 unspecified atom stereocenters. The topological polar surface area (TPSA) is 115 Å². The molecule has 0 radical (unpaired) electrons. The highest BCUT2D eigenvalue weighted by Gasteiger charge is 2.40. The number of aromatic nitrogens is 1. The van der Waals surface area contributed by atoms with Crippen LogP contribution in [0.25, 0.3) is 10.9 Å². The van der Waals surface area contributed by atoms with Gasteiger partial charge < -0.3 is 20.1 Å². The molecule has 9 heteroatoms. The minimum absolute atomic E-state index is 0.0290. The fourth-order valence-electron chi connectivity index (χ4n) is 5.91. The van der Waals surface area contributed by atoms with Crippen molar-refractivity contribution in [3.63, 3.8) is 0 Å². The second kappa shape index (κ2) is 9.38. The van der Waals surface area contributed by atoms with Crippen LogP contribution in [0.3, 0.4) is 0 Å². The molecule has 37 heavy (non-hydrogen) atoms. The van der Waals surface area contributed by atoms with E-state index >= 15 is 0 Å². The second-order valence-electron chi connectivity index (χ2n) is 10.0. The summed E-state index contributed by atoms with van der Waals surface area (Å²) in [5.74, 6) is -0.509. The van der Waals surface area contributed by atoms with Crippen molar-refractivity contribution in [2.75, 3.05) is 25.0 Å². The summed E-state index contributed by atoms with van der Waals surface area (Å²) >= 11 is 0.